The zero-order valence-electron chi connectivity index (χ0n) is 18.9. The summed E-state index contributed by atoms with van der Waals surface area (Å²) in [5, 5.41) is 0. The molecule has 33 heavy (non-hydrogen) atoms. The van der Waals surface area contributed by atoms with Crippen LogP contribution in [0.2, 0.25) is 0 Å². The first-order chi connectivity index (χ1) is 15.8. The lowest BCUT2D eigenvalue weighted by Gasteiger charge is -2.57. The van der Waals surface area contributed by atoms with Crippen LogP contribution in [0, 0.1) is 17.8 Å². The minimum Gasteiger partial charge on any atom is -0.299 e. The van der Waals surface area contributed by atoms with Gasteiger partial charge in [-0.3, -0.25) is 14.1 Å². The Balaban J connectivity index is 1.24. The number of anilines is 1. The van der Waals surface area contributed by atoms with Crippen LogP contribution in [-0.2, 0) is 22.0 Å². The molecule has 4 fully saturated rings. The van der Waals surface area contributed by atoms with Gasteiger partial charge in [0.15, 0.2) is 0 Å². The van der Waals surface area contributed by atoms with Crippen molar-refractivity contribution in [1.82, 2.24) is 4.57 Å². The van der Waals surface area contributed by atoms with Crippen LogP contribution in [0.3, 0.4) is 0 Å². The third-order valence-electron chi connectivity index (χ3n) is 8.18. The van der Waals surface area contributed by atoms with Crippen molar-refractivity contribution in [1.29, 1.82) is 0 Å². The molecule has 0 spiro atoms. The summed E-state index contributed by atoms with van der Waals surface area (Å²) < 4.78 is 31.3. The number of hydrogen-bond donors (Lipinski definition) is 1. The van der Waals surface area contributed by atoms with Crippen LogP contribution in [0.1, 0.15) is 57.4 Å². The Morgan fingerprint density at radius 1 is 1.00 bits per heavy atom. The molecule has 2 aromatic carbocycles. The smallest absolute Gasteiger partial charge is 0.299 e. The van der Waals surface area contributed by atoms with Crippen LogP contribution in [0.15, 0.2) is 52.2 Å². The summed E-state index contributed by atoms with van der Waals surface area (Å²) in [5.41, 5.74) is 3.07. The number of aromatic nitrogens is 1. The maximum absolute atomic E-state index is 13.1. The molecular formula is C26H30N2O3S2. The zero-order valence-corrected chi connectivity index (χ0v) is 20.6. The lowest BCUT2D eigenvalue weighted by Crippen LogP contribution is -2.48. The lowest BCUT2D eigenvalue weighted by molar-refractivity contribution is -0.00518. The van der Waals surface area contributed by atoms with E-state index in [-0.39, 0.29) is 9.77 Å². The van der Waals surface area contributed by atoms with Crippen molar-refractivity contribution in [2.45, 2.75) is 68.7 Å². The Labute approximate surface area is 198 Å². The van der Waals surface area contributed by atoms with Crippen LogP contribution < -0.4 is 9.60 Å². The lowest BCUT2D eigenvalue weighted by atomic mass is 9.48. The molecule has 5 nitrogen and oxygen atoms in total. The van der Waals surface area contributed by atoms with Crippen LogP contribution in [-0.4, -0.2) is 13.0 Å². The summed E-state index contributed by atoms with van der Waals surface area (Å²) in [7, 11) is -3.73. The minimum atomic E-state index is -3.73. The molecule has 1 N–H and O–H groups in total. The molecule has 1 heterocycles. The fourth-order valence-corrected chi connectivity index (χ4v) is 9.33. The average molecular weight is 483 g/mol. The van der Waals surface area contributed by atoms with Crippen molar-refractivity contribution in [3.63, 3.8) is 0 Å². The molecule has 174 valence electrons. The molecule has 4 bridgehead atoms. The molecule has 7 rings (SSSR count). The van der Waals surface area contributed by atoms with E-state index in [0.717, 1.165) is 41.0 Å². The van der Waals surface area contributed by atoms with Crippen LogP contribution >= 0.6 is 11.3 Å². The monoisotopic (exact) mass is 482 g/mol. The van der Waals surface area contributed by atoms with E-state index in [1.54, 1.807) is 22.8 Å². The van der Waals surface area contributed by atoms with Crippen molar-refractivity contribution >= 4 is 37.3 Å². The Hall–Kier alpha value is -2.12. The molecule has 0 atom stereocenters. The molecule has 7 heteroatoms. The average Bonchev–Trinajstić information content (AvgIpc) is 3.08. The van der Waals surface area contributed by atoms with Gasteiger partial charge in [0.05, 0.1) is 15.1 Å². The van der Waals surface area contributed by atoms with E-state index < -0.39 is 10.0 Å². The Kier molecular flexibility index (Phi) is 5.00. The summed E-state index contributed by atoms with van der Waals surface area (Å²) in [6, 6.07) is 13.1. The van der Waals surface area contributed by atoms with E-state index in [1.165, 1.54) is 44.1 Å². The second kappa shape index (κ2) is 7.70. The van der Waals surface area contributed by atoms with Gasteiger partial charge in [0.1, 0.15) is 0 Å². The highest BCUT2D eigenvalue weighted by molar-refractivity contribution is 7.92. The number of rotatable bonds is 6. The summed E-state index contributed by atoms with van der Waals surface area (Å²) in [4.78, 5) is 12.4. The fourth-order valence-electron chi connectivity index (χ4n) is 7.22. The van der Waals surface area contributed by atoms with Crippen molar-refractivity contribution in [2.24, 2.45) is 17.8 Å². The Morgan fingerprint density at radius 3 is 2.24 bits per heavy atom. The Morgan fingerprint density at radius 2 is 1.64 bits per heavy atom. The molecule has 4 aliphatic carbocycles. The number of thiazole rings is 1. The third-order valence-corrected chi connectivity index (χ3v) is 10.5. The number of benzene rings is 2. The highest BCUT2D eigenvalue weighted by Crippen LogP contribution is 2.60. The number of nitrogens with zero attached hydrogens (tertiary/aromatic N) is 1. The van der Waals surface area contributed by atoms with Gasteiger partial charge < -0.3 is 0 Å². The van der Waals surface area contributed by atoms with Crippen molar-refractivity contribution < 1.29 is 8.42 Å². The summed E-state index contributed by atoms with van der Waals surface area (Å²) in [5.74, 6) is 2.65. The Bertz CT molecular complexity index is 1330. The van der Waals surface area contributed by atoms with Gasteiger partial charge >= 0.3 is 4.87 Å². The van der Waals surface area contributed by atoms with Crippen LogP contribution in [0.4, 0.5) is 5.69 Å². The van der Waals surface area contributed by atoms with E-state index in [2.05, 4.69) is 16.9 Å². The van der Waals surface area contributed by atoms with Gasteiger partial charge in [0.2, 0.25) is 0 Å². The molecule has 4 aliphatic rings. The van der Waals surface area contributed by atoms with Gasteiger partial charge in [0, 0.05) is 12.2 Å². The molecular weight excluding hydrogens is 452 g/mol. The van der Waals surface area contributed by atoms with E-state index in [1.807, 2.05) is 19.1 Å². The first-order valence-electron chi connectivity index (χ1n) is 12.1. The zero-order chi connectivity index (χ0) is 22.8. The maximum atomic E-state index is 13.1. The van der Waals surface area contributed by atoms with Crippen molar-refractivity contribution in [3.8, 4) is 0 Å². The highest BCUT2D eigenvalue weighted by Gasteiger charge is 2.51. The van der Waals surface area contributed by atoms with Gasteiger partial charge in [-0.15, -0.1) is 0 Å². The van der Waals surface area contributed by atoms with Gasteiger partial charge in [-0.2, -0.15) is 0 Å². The number of hydrogen-bond acceptors (Lipinski definition) is 4. The normalized spacial score (nSPS) is 28.5. The largest absolute Gasteiger partial charge is 0.308 e. The van der Waals surface area contributed by atoms with E-state index in [9.17, 15) is 13.2 Å². The number of nitrogens with one attached hydrogen (secondary N) is 1. The molecule has 1 aromatic heterocycles. The van der Waals surface area contributed by atoms with Crippen molar-refractivity contribution in [3.05, 3.63) is 57.7 Å². The second-order valence-corrected chi connectivity index (χ2v) is 13.2. The van der Waals surface area contributed by atoms with Gasteiger partial charge in [-0.1, -0.05) is 30.4 Å². The molecule has 0 aliphatic heterocycles. The van der Waals surface area contributed by atoms with Gasteiger partial charge in [-0.25, -0.2) is 8.42 Å². The first kappa shape index (κ1) is 21.4. The first-order valence-corrected chi connectivity index (χ1v) is 14.4. The highest BCUT2D eigenvalue weighted by atomic mass is 32.2. The summed E-state index contributed by atoms with van der Waals surface area (Å²) >= 11 is 1.10. The second-order valence-electron chi connectivity index (χ2n) is 10.5. The number of aryl methyl sites for hydroxylation is 1. The summed E-state index contributed by atoms with van der Waals surface area (Å²) in [6.45, 7) is 2.66. The maximum Gasteiger partial charge on any atom is 0.308 e. The third kappa shape index (κ3) is 3.64. The van der Waals surface area contributed by atoms with Crippen molar-refractivity contribution in [2.75, 3.05) is 4.72 Å². The van der Waals surface area contributed by atoms with Gasteiger partial charge in [0.25, 0.3) is 10.0 Å². The molecule has 3 aromatic rings. The van der Waals surface area contributed by atoms with E-state index in [4.69, 9.17) is 0 Å². The predicted octanol–water partition coefficient (Wildman–Crippen LogP) is 5.74. The van der Waals surface area contributed by atoms with Crippen LogP contribution in [0.5, 0.6) is 0 Å². The van der Waals surface area contributed by atoms with E-state index in [0.29, 0.717) is 22.3 Å². The number of fused-ring (bicyclic) bond motifs is 1. The van der Waals surface area contributed by atoms with Gasteiger partial charge in [-0.05, 0) is 104 Å². The molecule has 0 saturated heterocycles. The van der Waals surface area contributed by atoms with Crippen LogP contribution in [0.25, 0.3) is 10.2 Å². The number of sulfonamides is 1. The molecule has 0 unspecified atom stereocenters. The van der Waals surface area contributed by atoms with E-state index >= 15 is 0 Å². The topological polar surface area (TPSA) is 68.2 Å². The summed E-state index contributed by atoms with van der Waals surface area (Å²) in [6.07, 6.45) is 8.99. The molecule has 4 saturated carbocycles. The minimum absolute atomic E-state index is 0.0466. The molecule has 0 radical (unpaired) electrons. The quantitative estimate of drug-likeness (QED) is 0.487. The predicted molar refractivity (Wildman–Crippen MR) is 133 cm³/mol. The molecule has 0 amide bonds. The fraction of sp³-hybridized carbons (Fsp3) is 0.500. The SMILES string of the molecule is CCCn1c(=O)sc2cc(S(=O)(=O)Nc3ccc(C45CC6CC(CC(C6)C4)C5)cc3)ccc21. The standard InChI is InChI=1S/C26H30N2O3S2/c1-2-9-28-23-8-7-22(13-24(23)32-25(28)29)33(30,31)27-21-5-3-20(4-6-21)26-14-17-10-18(15-26)12-19(11-17)16-26/h3-8,13,17-19,27H,2,9-12,14-16H2,1H3.